The number of likely N-dealkylation sites (N-methyl/N-ethyl adjacent to an activating group) is 1. The number of ether oxygens (including phenoxy) is 2. The van der Waals surface area contributed by atoms with Gasteiger partial charge in [0.25, 0.3) is 0 Å². The van der Waals surface area contributed by atoms with E-state index in [1.807, 2.05) is 6.92 Å². The van der Waals surface area contributed by atoms with Gasteiger partial charge >= 0.3 is 0 Å². The fourth-order valence-corrected chi connectivity index (χ4v) is 1.42. The second-order valence-electron chi connectivity index (χ2n) is 4.42. The van der Waals surface area contributed by atoms with Crippen LogP contribution < -0.4 is 5.32 Å². The van der Waals surface area contributed by atoms with Gasteiger partial charge in [-0.3, -0.25) is 0 Å². The van der Waals surface area contributed by atoms with Crippen LogP contribution in [0, 0.1) is 0 Å². The highest BCUT2D eigenvalue weighted by molar-refractivity contribution is 4.74. The summed E-state index contributed by atoms with van der Waals surface area (Å²) in [6.07, 6.45) is 2.14. The normalized spacial score (nSPS) is 14.2. The van der Waals surface area contributed by atoms with Crippen LogP contribution in [0.15, 0.2) is 0 Å². The van der Waals surface area contributed by atoms with Crippen LogP contribution in [-0.4, -0.2) is 38.5 Å². The Balaban J connectivity index is 3.83. The molecule has 0 bridgehead atoms. The first-order valence-corrected chi connectivity index (χ1v) is 5.92. The first-order chi connectivity index (χ1) is 7.05. The van der Waals surface area contributed by atoms with Crippen molar-refractivity contribution in [1.29, 1.82) is 0 Å². The number of methoxy groups -OCH3 is 1. The highest BCUT2D eigenvalue weighted by Crippen LogP contribution is 2.16. The largest absolute Gasteiger partial charge is 0.380 e. The molecule has 15 heavy (non-hydrogen) atoms. The van der Waals surface area contributed by atoms with Gasteiger partial charge in [-0.25, -0.2) is 0 Å². The average molecular weight is 217 g/mol. The molecule has 0 saturated heterocycles. The van der Waals surface area contributed by atoms with Crippen LogP contribution in [0.2, 0.25) is 0 Å². The molecule has 0 saturated carbocycles. The van der Waals surface area contributed by atoms with Gasteiger partial charge in [0.1, 0.15) is 0 Å². The molecule has 0 aromatic heterocycles. The maximum absolute atomic E-state index is 5.44. The lowest BCUT2D eigenvalue weighted by Crippen LogP contribution is -2.36. The molecule has 0 heterocycles. The molecule has 1 unspecified atom stereocenters. The molecule has 0 fully saturated rings. The molecule has 92 valence electrons. The molecule has 1 atom stereocenters. The van der Waals surface area contributed by atoms with E-state index in [-0.39, 0.29) is 5.60 Å². The molecule has 3 heteroatoms. The molecule has 0 rings (SSSR count). The number of rotatable bonds is 9. The van der Waals surface area contributed by atoms with Gasteiger partial charge in [-0.05, 0) is 40.2 Å². The zero-order valence-electron chi connectivity index (χ0n) is 10.9. The molecule has 0 radical (unpaired) electrons. The first-order valence-electron chi connectivity index (χ1n) is 5.92. The standard InChI is InChI=1S/C12H27NO2/c1-6-13-11(10-15-7-2)8-9-12(3,4)14-5/h11,13H,6-10H2,1-5H3. The highest BCUT2D eigenvalue weighted by Gasteiger charge is 2.18. The maximum atomic E-state index is 5.44. The second kappa shape index (κ2) is 8.08. The maximum Gasteiger partial charge on any atom is 0.0623 e. The third-order valence-electron chi connectivity index (χ3n) is 2.66. The predicted octanol–water partition coefficient (Wildman–Crippen LogP) is 2.21. The minimum Gasteiger partial charge on any atom is -0.380 e. The Morgan fingerprint density at radius 1 is 1.27 bits per heavy atom. The fourth-order valence-electron chi connectivity index (χ4n) is 1.42. The minimum absolute atomic E-state index is 0.0279. The van der Waals surface area contributed by atoms with Crippen molar-refractivity contribution in [3.8, 4) is 0 Å². The van der Waals surface area contributed by atoms with Crippen molar-refractivity contribution in [3.05, 3.63) is 0 Å². The molecule has 3 nitrogen and oxygen atoms in total. The van der Waals surface area contributed by atoms with Crippen molar-refractivity contribution in [2.45, 2.75) is 52.2 Å². The van der Waals surface area contributed by atoms with E-state index in [0.717, 1.165) is 32.6 Å². The lowest BCUT2D eigenvalue weighted by molar-refractivity contribution is 0.00848. The Hall–Kier alpha value is -0.120. The second-order valence-corrected chi connectivity index (χ2v) is 4.42. The van der Waals surface area contributed by atoms with E-state index in [4.69, 9.17) is 9.47 Å². The van der Waals surface area contributed by atoms with E-state index in [1.54, 1.807) is 7.11 Å². The summed E-state index contributed by atoms with van der Waals surface area (Å²) in [5.74, 6) is 0. The van der Waals surface area contributed by atoms with Gasteiger partial charge in [0.15, 0.2) is 0 Å². The number of nitrogens with one attached hydrogen (secondary N) is 1. The van der Waals surface area contributed by atoms with Gasteiger partial charge in [0, 0.05) is 19.8 Å². The Kier molecular flexibility index (Phi) is 8.02. The summed E-state index contributed by atoms with van der Waals surface area (Å²) in [6.45, 7) is 11.0. The van der Waals surface area contributed by atoms with E-state index in [1.165, 1.54) is 0 Å². The average Bonchev–Trinajstić information content (AvgIpc) is 2.22. The molecule has 0 spiro atoms. The monoisotopic (exact) mass is 217 g/mol. The molecular weight excluding hydrogens is 190 g/mol. The number of hydrogen-bond acceptors (Lipinski definition) is 3. The third kappa shape index (κ3) is 7.77. The van der Waals surface area contributed by atoms with Crippen molar-refractivity contribution in [1.82, 2.24) is 5.32 Å². The Labute approximate surface area is 94.5 Å². The summed E-state index contributed by atoms with van der Waals surface area (Å²) in [4.78, 5) is 0. The molecule has 0 aliphatic heterocycles. The minimum atomic E-state index is -0.0279. The van der Waals surface area contributed by atoms with E-state index in [2.05, 4.69) is 26.1 Å². The van der Waals surface area contributed by atoms with E-state index in [9.17, 15) is 0 Å². The van der Waals surface area contributed by atoms with E-state index < -0.39 is 0 Å². The SMILES string of the molecule is CCNC(CCC(C)(C)OC)COCC. The van der Waals surface area contributed by atoms with Crippen LogP contribution >= 0.6 is 0 Å². The van der Waals surface area contributed by atoms with Crippen LogP contribution in [0.4, 0.5) is 0 Å². The van der Waals surface area contributed by atoms with E-state index in [0.29, 0.717) is 6.04 Å². The van der Waals surface area contributed by atoms with Gasteiger partial charge in [0.2, 0.25) is 0 Å². The van der Waals surface area contributed by atoms with Gasteiger partial charge in [-0.15, -0.1) is 0 Å². The Morgan fingerprint density at radius 3 is 2.40 bits per heavy atom. The fraction of sp³-hybridized carbons (Fsp3) is 1.00. The topological polar surface area (TPSA) is 30.5 Å². The van der Waals surface area contributed by atoms with Crippen LogP contribution in [-0.2, 0) is 9.47 Å². The summed E-state index contributed by atoms with van der Waals surface area (Å²) in [6, 6.07) is 0.448. The molecule has 0 aromatic carbocycles. The van der Waals surface area contributed by atoms with Crippen molar-refractivity contribution in [3.63, 3.8) is 0 Å². The van der Waals surface area contributed by atoms with Gasteiger partial charge in [-0.2, -0.15) is 0 Å². The van der Waals surface area contributed by atoms with Gasteiger partial charge in [-0.1, -0.05) is 6.92 Å². The predicted molar refractivity (Wildman–Crippen MR) is 64.3 cm³/mol. The lowest BCUT2D eigenvalue weighted by Gasteiger charge is -2.26. The highest BCUT2D eigenvalue weighted by atomic mass is 16.5. The Morgan fingerprint density at radius 2 is 1.93 bits per heavy atom. The lowest BCUT2D eigenvalue weighted by atomic mass is 9.99. The summed E-state index contributed by atoms with van der Waals surface area (Å²) < 4.78 is 10.8. The quantitative estimate of drug-likeness (QED) is 0.642. The first kappa shape index (κ1) is 14.9. The molecule has 1 N–H and O–H groups in total. The van der Waals surface area contributed by atoms with E-state index >= 15 is 0 Å². The molecule has 0 aliphatic rings. The zero-order valence-corrected chi connectivity index (χ0v) is 10.9. The van der Waals surface area contributed by atoms with Crippen LogP contribution in [0.25, 0.3) is 0 Å². The Bertz CT molecular complexity index is 149. The molecule has 0 amide bonds. The van der Waals surface area contributed by atoms with Crippen LogP contribution in [0.3, 0.4) is 0 Å². The van der Waals surface area contributed by atoms with Gasteiger partial charge < -0.3 is 14.8 Å². The summed E-state index contributed by atoms with van der Waals surface area (Å²) in [5, 5.41) is 3.43. The summed E-state index contributed by atoms with van der Waals surface area (Å²) >= 11 is 0. The number of hydrogen-bond donors (Lipinski definition) is 1. The smallest absolute Gasteiger partial charge is 0.0623 e. The molecule has 0 aromatic rings. The van der Waals surface area contributed by atoms with Crippen molar-refractivity contribution < 1.29 is 9.47 Å². The molecule has 0 aliphatic carbocycles. The van der Waals surface area contributed by atoms with Gasteiger partial charge in [0.05, 0.1) is 12.2 Å². The van der Waals surface area contributed by atoms with Crippen LogP contribution in [0.5, 0.6) is 0 Å². The van der Waals surface area contributed by atoms with Crippen molar-refractivity contribution in [2.24, 2.45) is 0 Å². The van der Waals surface area contributed by atoms with Crippen LogP contribution in [0.1, 0.15) is 40.5 Å². The summed E-state index contributed by atoms with van der Waals surface area (Å²) in [5.41, 5.74) is -0.0279. The zero-order chi connectivity index (χ0) is 11.7. The summed E-state index contributed by atoms with van der Waals surface area (Å²) in [7, 11) is 1.77. The van der Waals surface area contributed by atoms with Crippen molar-refractivity contribution in [2.75, 3.05) is 26.9 Å². The molecular formula is C12H27NO2. The third-order valence-corrected chi connectivity index (χ3v) is 2.66. The van der Waals surface area contributed by atoms with Crippen molar-refractivity contribution >= 4 is 0 Å².